The molecular formula is C24H30Cl2FN5O3. The number of carbonyl (C=O) groups excluding carboxylic acids is 1. The molecule has 2 aliphatic heterocycles. The van der Waals surface area contributed by atoms with Gasteiger partial charge in [-0.15, -0.1) is 0 Å². The lowest BCUT2D eigenvalue weighted by Crippen LogP contribution is -2.54. The highest BCUT2D eigenvalue weighted by Gasteiger charge is 2.31. The van der Waals surface area contributed by atoms with Crippen LogP contribution in [0, 0.1) is 6.92 Å². The Labute approximate surface area is 214 Å². The van der Waals surface area contributed by atoms with Crippen LogP contribution in [0.4, 0.5) is 15.9 Å². The number of hydrogen-bond acceptors (Lipinski definition) is 7. The zero-order valence-corrected chi connectivity index (χ0v) is 21.3. The highest BCUT2D eigenvalue weighted by Crippen LogP contribution is 2.28. The fourth-order valence-electron chi connectivity index (χ4n) is 4.50. The third kappa shape index (κ3) is 6.21. The van der Waals surface area contributed by atoms with Crippen LogP contribution in [0.2, 0.25) is 10.0 Å². The minimum atomic E-state index is -0.881. The Bertz CT molecular complexity index is 1050. The van der Waals surface area contributed by atoms with Crippen molar-refractivity contribution in [1.29, 1.82) is 0 Å². The minimum absolute atomic E-state index is 0.0349. The number of aromatic nitrogens is 2. The summed E-state index contributed by atoms with van der Waals surface area (Å²) in [6.07, 6.45) is 2.56. The molecule has 2 saturated heterocycles. The number of anilines is 2. The van der Waals surface area contributed by atoms with Gasteiger partial charge in [0, 0.05) is 50.1 Å². The number of nitrogens with one attached hydrogen (secondary N) is 2. The molecule has 0 saturated carbocycles. The molecule has 4 rings (SSSR count). The lowest BCUT2D eigenvalue weighted by Gasteiger charge is -2.38. The van der Waals surface area contributed by atoms with E-state index in [1.807, 2.05) is 0 Å². The van der Waals surface area contributed by atoms with Crippen molar-refractivity contribution in [2.24, 2.45) is 0 Å². The smallest absolute Gasteiger partial charge is 0.272 e. The first-order valence-corrected chi connectivity index (χ1v) is 12.5. The number of alkyl halides is 1. The van der Waals surface area contributed by atoms with Gasteiger partial charge in [-0.25, -0.2) is 14.4 Å². The second kappa shape index (κ2) is 11.8. The van der Waals surface area contributed by atoms with Gasteiger partial charge in [0.15, 0.2) is 5.82 Å². The van der Waals surface area contributed by atoms with E-state index < -0.39 is 6.67 Å². The number of likely N-dealkylation sites (tertiary alicyclic amines) is 1. The van der Waals surface area contributed by atoms with Crippen molar-refractivity contribution in [1.82, 2.24) is 20.2 Å². The second-order valence-corrected chi connectivity index (χ2v) is 9.64. The maximum atomic E-state index is 13.6. The van der Waals surface area contributed by atoms with Crippen molar-refractivity contribution in [2.45, 2.75) is 51.0 Å². The molecule has 190 valence electrons. The van der Waals surface area contributed by atoms with Crippen LogP contribution in [0.15, 0.2) is 18.2 Å². The van der Waals surface area contributed by atoms with E-state index in [-0.39, 0.29) is 29.6 Å². The summed E-state index contributed by atoms with van der Waals surface area (Å²) in [5.74, 6) is 0.0790. The van der Waals surface area contributed by atoms with Crippen molar-refractivity contribution in [2.75, 3.05) is 38.7 Å². The molecule has 8 nitrogen and oxygen atoms in total. The van der Waals surface area contributed by atoms with Crippen LogP contribution in [0.3, 0.4) is 0 Å². The average Bonchev–Trinajstić information content (AvgIpc) is 2.88. The Balaban J connectivity index is 1.44. The number of nitrogens with zero attached hydrogens (tertiary/aromatic N) is 3. The Morgan fingerprint density at radius 1 is 1.23 bits per heavy atom. The minimum Gasteiger partial charge on any atom is -0.379 e. The molecule has 2 aromatic rings. The molecular weight excluding hydrogens is 496 g/mol. The van der Waals surface area contributed by atoms with E-state index in [4.69, 9.17) is 32.7 Å². The number of methoxy groups -OCH3 is 1. The summed E-state index contributed by atoms with van der Waals surface area (Å²) in [5.41, 5.74) is 1.37. The highest BCUT2D eigenvalue weighted by atomic mass is 35.5. The summed E-state index contributed by atoms with van der Waals surface area (Å²) in [4.78, 5) is 23.6. The molecule has 0 spiro atoms. The predicted molar refractivity (Wildman–Crippen MR) is 133 cm³/mol. The molecule has 0 radical (unpaired) electrons. The highest BCUT2D eigenvalue weighted by molar-refractivity contribution is 6.42. The number of halogens is 3. The first-order chi connectivity index (χ1) is 16.9. The Morgan fingerprint density at radius 3 is 2.69 bits per heavy atom. The van der Waals surface area contributed by atoms with Crippen LogP contribution in [0.25, 0.3) is 0 Å². The SMILES string of the molecule is COC1COCCC1NC1CCN(C(=O)c2nc(CF)nc(Nc3ccc(Cl)c(Cl)c3)c2C)CC1. The van der Waals surface area contributed by atoms with Crippen molar-refractivity contribution in [3.63, 3.8) is 0 Å². The van der Waals surface area contributed by atoms with Gasteiger partial charge < -0.3 is 25.0 Å². The maximum absolute atomic E-state index is 13.6. The Kier molecular flexibility index (Phi) is 8.77. The normalized spacial score (nSPS) is 21.2. The van der Waals surface area contributed by atoms with E-state index in [0.717, 1.165) is 25.9 Å². The molecule has 1 aromatic carbocycles. The molecule has 2 fully saturated rings. The standard InChI is InChI=1S/C24H30Cl2FN5O3/c1-14-22(30-21(12-27)31-23(14)29-16-3-4-17(25)18(26)11-16)24(33)32-8-5-15(6-9-32)28-19-7-10-35-13-20(19)34-2/h3-4,11,15,19-20,28H,5-10,12-13H2,1-2H3,(H,29,30,31). The zero-order valence-electron chi connectivity index (χ0n) is 19.8. The molecule has 2 unspecified atom stereocenters. The van der Waals surface area contributed by atoms with Crippen LogP contribution in [-0.4, -0.2) is 72.4 Å². The molecule has 3 heterocycles. The van der Waals surface area contributed by atoms with Crippen molar-refractivity contribution < 1.29 is 18.7 Å². The number of piperidine rings is 1. The van der Waals surface area contributed by atoms with Crippen LogP contribution in [0.1, 0.15) is 41.1 Å². The van der Waals surface area contributed by atoms with Crippen molar-refractivity contribution >= 4 is 40.6 Å². The lowest BCUT2D eigenvalue weighted by atomic mass is 9.99. The third-order valence-electron chi connectivity index (χ3n) is 6.54. The summed E-state index contributed by atoms with van der Waals surface area (Å²) < 4.78 is 24.6. The summed E-state index contributed by atoms with van der Waals surface area (Å²) in [6.45, 7) is 3.35. The molecule has 1 aromatic heterocycles. The predicted octanol–water partition coefficient (Wildman–Crippen LogP) is 4.30. The number of ether oxygens (including phenoxy) is 2. The van der Waals surface area contributed by atoms with E-state index in [1.54, 1.807) is 37.1 Å². The number of carbonyl (C=O) groups is 1. The fourth-order valence-corrected chi connectivity index (χ4v) is 4.80. The first-order valence-electron chi connectivity index (χ1n) is 11.7. The number of amides is 1. The van der Waals surface area contributed by atoms with Crippen molar-refractivity contribution in [3.8, 4) is 0 Å². The third-order valence-corrected chi connectivity index (χ3v) is 7.27. The second-order valence-electron chi connectivity index (χ2n) is 8.83. The number of rotatable bonds is 7. The van der Waals surface area contributed by atoms with Crippen LogP contribution < -0.4 is 10.6 Å². The van der Waals surface area contributed by atoms with E-state index in [0.29, 0.717) is 52.9 Å². The lowest BCUT2D eigenvalue weighted by molar-refractivity contribution is -0.0533. The molecule has 35 heavy (non-hydrogen) atoms. The van der Waals surface area contributed by atoms with Crippen LogP contribution in [0.5, 0.6) is 0 Å². The monoisotopic (exact) mass is 525 g/mol. The molecule has 2 N–H and O–H groups in total. The van der Waals surface area contributed by atoms with Gasteiger partial charge in [0.1, 0.15) is 18.2 Å². The summed E-state index contributed by atoms with van der Waals surface area (Å²) in [7, 11) is 1.70. The fraction of sp³-hybridized carbons (Fsp3) is 0.542. The number of benzene rings is 1. The molecule has 1 amide bonds. The first kappa shape index (κ1) is 26.0. The Morgan fingerprint density at radius 2 is 2.00 bits per heavy atom. The number of hydrogen-bond donors (Lipinski definition) is 2. The van der Waals surface area contributed by atoms with Crippen LogP contribution in [-0.2, 0) is 16.1 Å². The summed E-state index contributed by atoms with van der Waals surface area (Å²) in [5, 5.41) is 7.59. The van der Waals surface area contributed by atoms with Crippen molar-refractivity contribution in [3.05, 3.63) is 45.3 Å². The zero-order chi connectivity index (χ0) is 24.9. The largest absolute Gasteiger partial charge is 0.379 e. The van der Waals surface area contributed by atoms with Crippen LogP contribution >= 0.6 is 23.2 Å². The molecule has 2 aliphatic rings. The van der Waals surface area contributed by atoms with Gasteiger partial charge in [0.05, 0.1) is 22.8 Å². The van der Waals surface area contributed by atoms with E-state index in [9.17, 15) is 9.18 Å². The van der Waals surface area contributed by atoms with Gasteiger partial charge in [-0.2, -0.15) is 0 Å². The van der Waals surface area contributed by atoms with Gasteiger partial charge in [-0.3, -0.25) is 4.79 Å². The van der Waals surface area contributed by atoms with Gasteiger partial charge in [-0.1, -0.05) is 23.2 Å². The van der Waals surface area contributed by atoms with Gasteiger partial charge in [-0.05, 0) is 44.4 Å². The van der Waals surface area contributed by atoms with Gasteiger partial charge >= 0.3 is 0 Å². The van der Waals surface area contributed by atoms with E-state index in [1.165, 1.54) is 0 Å². The molecule has 0 bridgehead atoms. The quantitative estimate of drug-likeness (QED) is 0.556. The molecule has 0 aliphatic carbocycles. The van der Waals surface area contributed by atoms with Gasteiger partial charge in [0.25, 0.3) is 5.91 Å². The molecule has 2 atom stereocenters. The average molecular weight is 526 g/mol. The summed E-state index contributed by atoms with van der Waals surface area (Å²) >= 11 is 12.1. The summed E-state index contributed by atoms with van der Waals surface area (Å²) in [6, 6.07) is 5.56. The maximum Gasteiger partial charge on any atom is 0.272 e. The molecule has 11 heteroatoms. The van der Waals surface area contributed by atoms with Gasteiger partial charge in [0.2, 0.25) is 0 Å². The van der Waals surface area contributed by atoms with E-state index >= 15 is 0 Å². The topological polar surface area (TPSA) is 88.6 Å². The Hall–Kier alpha value is -2.04. The van der Waals surface area contributed by atoms with E-state index in [2.05, 4.69) is 20.6 Å².